The Balaban J connectivity index is 2.25. The Morgan fingerprint density at radius 2 is 2.36 bits per heavy atom. The van der Waals surface area contributed by atoms with Crippen molar-refractivity contribution in [3.8, 4) is 5.75 Å². The van der Waals surface area contributed by atoms with E-state index in [1.807, 2.05) is 12.1 Å². The first-order valence-electron chi connectivity index (χ1n) is 4.85. The van der Waals surface area contributed by atoms with E-state index in [-0.39, 0.29) is 0 Å². The lowest BCUT2D eigenvalue weighted by Gasteiger charge is -2.11. The van der Waals surface area contributed by atoms with Gasteiger partial charge >= 0.3 is 0 Å². The van der Waals surface area contributed by atoms with Gasteiger partial charge in [0.1, 0.15) is 5.75 Å². The molecule has 1 aliphatic heterocycles. The van der Waals surface area contributed by atoms with E-state index in [1.165, 1.54) is 12.0 Å². The summed E-state index contributed by atoms with van der Waals surface area (Å²) in [5.74, 6) is 1.39. The van der Waals surface area contributed by atoms with Crippen LogP contribution >= 0.6 is 11.6 Å². The summed E-state index contributed by atoms with van der Waals surface area (Å²) in [5.41, 5.74) is 1.23. The fourth-order valence-corrected chi connectivity index (χ4v) is 2.21. The highest BCUT2D eigenvalue weighted by atomic mass is 35.5. The first kappa shape index (κ1) is 9.81. The van der Waals surface area contributed by atoms with Gasteiger partial charge in [-0.15, -0.1) is 0 Å². The topological polar surface area (TPSA) is 21.3 Å². The van der Waals surface area contributed by atoms with Gasteiger partial charge in [0.15, 0.2) is 0 Å². The zero-order valence-corrected chi connectivity index (χ0v) is 8.97. The Bertz CT molecular complexity index is 321. The lowest BCUT2D eigenvalue weighted by molar-refractivity contribution is 0.414. The van der Waals surface area contributed by atoms with E-state index in [9.17, 15) is 0 Å². The van der Waals surface area contributed by atoms with Gasteiger partial charge < -0.3 is 10.1 Å². The summed E-state index contributed by atoms with van der Waals surface area (Å²) in [5, 5.41) is 4.15. The fraction of sp³-hybridized carbons (Fsp3) is 0.455. The van der Waals surface area contributed by atoms with Gasteiger partial charge in [-0.25, -0.2) is 0 Å². The van der Waals surface area contributed by atoms with Crippen molar-refractivity contribution < 1.29 is 4.74 Å². The molecular weight excluding hydrogens is 198 g/mol. The lowest BCUT2D eigenvalue weighted by atomic mass is 9.98. The smallest absolute Gasteiger partial charge is 0.120 e. The van der Waals surface area contributed by atoms with Crippen molar-refractivity contribution in [1.82, 2.24) is 5.32 Å². The van der Waals surface area contributed by atoms with Gasteiger partial charge in [-0.05, 0) is 36.6 Å². The van der Waals surface area contributed by atoms with E-state index in [0.717, 1.165) is 23.9 Å². The van der Waals surface area contributed by atoms with E-state index in [1.54, 1.807) is 7.11 Å². The van der Waals surface area contributed by atoms with E-state index in [2.05, 4.69) is 11.4 Å². The van der Waals surface area contributed by atoms with Gasteiger partial charge in [0, 0.05) is 11.6 Å². The first-order chi connectivity index (χ1) is 6.81. The summed E-state index contributed by atoms with van der Waals surface area (Å²) in [7, 11) is 1.66. The van der Waals surface area contributed by atoms with Crippen LogP contribution in [0.2, 0.25) is 5.02 Å². The van der Waals surface area contributed by atoms with Crippen molar-refractivity contribution in [3.63, 3.8) is 0 Å². The normalized spacial score (nSPS) is 21.1. The standard InChI is InChI=1S/C11H14ClNO/c1-14-9-2-3-10(11(12)6-9)8-4-5-13-7-8/h2-3,6,8,13H,4-5,7H2,1H3/t8-/m0/s1. The highest BCUT2D eigenvalue weighted by Gasteiger charge is 2.18. The van der Waals surface area contributed by atoms with E-state index in [0.29, 0.717) is 5.92 Å². The summed E-state index contributed by atoms with van der Waals surface area (Å²) < 4.78 is 5.11. The number of methoxy groups -OCH3 is 1. The molecule has 1 saturated heterocycles. The maximum atomic E-state index is 6.18. The maximum Gasteiger partial charge on any atom is 0.120 e. The summed E-state index contributed by atoms with van der Waals surface area (Å²) in [6.45, 7) is 2.12. The molecule has 0 bridgehead atoms. The van der Waals surface area contributed by atoms with Gasteiger partial charge in [0.05, 0.1) is 7.11 Å². The number of ether oxygens (including phenoxy) is 1. The van der Waals surface area contributed by atoms with Gasteiger partial charge in [-0.3, -0.25) is 0 Å². The minimum atomic E-state index is 0.563. The third kappa shape index (κ3) is 1.86. The highest BCUT2D eigenvalue weighted by Crippen LogP contribution is 2.31. The van der Waals surface area contributed by atoms with Crippen LogP contribution in [0.15, 0.2) is 18.2 Å². The van der Waals surface area contributed by atoms with Crippen LogP contribution in [0, 0.1) is 0 Å². The molecule has 0 radical (unpaired) electrons. The molecule has 1 atom stereocenters. The predicted octanol–water partition coefficient (Wildman–Crippen LogP) is 2.43. The van der Waals surface area contributed by atoms with Crippen LogP contribution in [-0.4, -0.2) is 20.2 Å². The minimum Gasteiger partial charge on any atom is -0.497 e. The van der Waals surface area contributed by atoms with E-state index < -0.39 is 0 Å². The van der Waals surface area contributed by atoms with Gasteiger partial charge in [0.2, 0.25) is 0 Å². The fourth-order valence-electron chi connectivity index (χ4n) is 1.89. The molecule has 0 amide bonds. The molecule has 1 heterocycles. The molecule has 1 aromatic carbocycles. The molecule has 14 heavy (non-hydrogen) atoms. The molecule has 0 saturated carbocycles. The largest absolute Gasteiger partial charge is 0.497 e. The van der Waals surface area contributed by atoms with Gasteiger partial charge in [0.25, 0.3) is 0 Å². The van der Waals surface area contributed by atoms with Crippen molar-refractivity contribution in [3.05, 3.63) is 28.8 Å². The number of rotatable bonds is 2. The summed E-state index contributed by atoms with van der Waals surface area (Å²) in [4.78, 5) is 0. The second-order valence-corrected chi connectivity index (χ2v) is 3.98. The third-order valence-electron chi connectivity index (χ3n) is 2.71. The van der Waals surface area contributed by atoms with E-state index in [4.69, 9.17) is 16.3 Å². The van der Waals surface area contributed by atoms with Crippen LogP contribution in [0.3, 0.4) is 0 Å². The molecular formula is C11H14ClNO. The van der Waals surface area contributed by atoms with Crippen LogP contribution in [0.5, 0.6) is 5.75 Å². The number of halogens is 1. The minimum absolute atomic E-state index is 0.563. The first-order valence-corrected chi connectivity index (χ1v) is 5.23. The van der Waals surface area contributed by atoms with Crippen molar-refractivity contribution in [2.45, 2.75) is 12.3 Å². The number of hydrogen-bond donors (Lipinski definition) is 1. The zero-order chi connectivity index (χ0) is 9.97. The molecule has 0 aromatic heterocycles. The number of hydrogen-bond acceptors (Lipinski definition) is 2. The molecule has 2 rings (SSSR count). The summed E-state index contributed by atoms with van der Waals surface area (Å²) >= 11 is 6.18. The summed E-state index contributed by atoms with van der Waals surface area (Å²) in [6, 6.07) is 5.92. The molecule has 0 aliphatic carbocycles. The molecule has 1 aromatic rings. The quantitative estimate of drug-likeness (QED) is 0.812. The molecule has 1 fully saturated rings. The molecule has 1 aliphatic rings. The highest BCUT2D eigenvalue weighted by molar-refractivity contribution is 6.31. The molecule has 0 spiro atoms. The number of benzene rings is 1. The zero-order valence-electron chi connectivity index (χ0n) is 8.22. The third-order valence-corrected chi connectivity index (χ3v) is 3.04. The monoisotopic (exact) mass is 211 g/mol. The Morgan fingerprint density at radius 1 is 1.50 bits per heavy atom. The van der Waals surface area contributed by atoms with Gasteiger partial charge in [-0.1, -0.05) is 17.7 Å². The van der Waals surface area contributed by atoms with Crippen LogP contribution < -0.4 is 10.1 Å². The average molecular weight is 212 g/mol. The van der Waals surface area contributed by atoms with Crippen molar-refractivity contribution in [2.75, 3.05) is 20.2 Å². The molecule has 76 valence electrons. The van der Waals surface area contributed by atoms with Crippen LogP contribution in [-0.2, 0) is 0 Å². The van der Waals surface area contributed by atoms with Crippen molar-refractivity contribution in [2.24, 2.45) is 0 Å². The Kier molecular flexibility index (Phi) is 2.94. The Hall–Kier alpha value is -0.730. The summed E-state index contributed by atoms with van der Waals surface area (Å²) in [6.07, 6.45) is 1.17. The van der Waals surface area contributed by atoms with Crippen LogP contribution in [0.1, 0.15) is 17.9 Å². The average Bonchev–Trinajstić information content (AvgIpc) is 2.70. The second-order valence-electron chi connectivity index (χ2n) is 3.58. The maximum absolute atomic E-state index is 6.18. The number of nitrogens with one attached hydrogen (secondary N) is 1. The molecule has 3 heteroatoms. The SMILES string of the molecule is COc1ccc([C@H]2CCNC2)c(Cl)c1. The second kappa shape index (κ2) is 4.20. The van der Waals surface area contributed by atoms with Crippen LogP contribution in [0.4, 0.5) is 0 Å². The lowest BCUT2D eigenvalue weighted by Crippen LogP contribution is -2.08. The molecule has 2 nitrogen and oxygen atoms in total. The van der Waals surface area contributed by atoms with Crippen LogP contribution in [0.25, 0.3) is 0 Å². The molecule has 1 N–H and O–H groups in total. The van der Waals surface area contributed by atoms with Crippen molar-refractivity contribution in [1.29, 1.82) is 0 Å². The Labute approximate surface area is 89.2 Å². The molecule has 0 unspecified atom stereocenters. The van der Waals surface area contributed by atoms with Gasteiger partial charge in [-0.2, -0.15) is 0 Å². The predicted molar refractivity (Wildman–Crippen MR) is 58.2 cm³/mol. The van der Waals surface area contributed by atoms with Crippen molar-refractivity contribution >= 4 is 11.6 Å². The van der Waals surface area contributed by atoms with E-state index >= 15 is 0 Å². The Morgan fingerprint density at radius 3 is 2.93 bits per heavy atom.